The van der Waals surface area contributed by atoms with E-state index in [2.05, 4.69) is 49.5 Å². The normalized spacial score (nSPS) is 11.5. The largest absolute Gasteiger partial charge is 0.326 e. The maximum atomic E-state index is 13.0. The highest BCUT2D eigenvalue weighted by Gasteiger charge is 2.13. The van der Waals surface area contributed by atoms with Crippen molar-refractivity contribution >= 4 is 17.6 Å². The Kier molecular flexibility index (Phi) is 7.13. The van der Waals surface area contributed by atoms with Gasteiger partial charge in [0.15, 0.2) is 0 Å². The first-order valence-corrected chi connectivity index (χ1v) is 11.0. The van der Waals surface area contributed by atoms with Crippen molar-refractivity contribution < 1.29 is 4.79 Å². The second-order valence-electron chi connectivity index (χ2n) is 8.38. The number of carbonyl (C=O) groups excluding carboxylic acids is 1. The van der Waals surface area contributed by atoms with Crippen LogP contribution >= 0.6 is 0 Å². The first-order chi connectivity index (χ1) is 15.2. The number of anilines is 1. The summed E-state index contributed by atoms with van der Waals surface area (Å²) >= 11 is 0. The van der Waals surface area contributed by atoms with Gasteiger partial charge in [-0.25, -0.2) is 4.99 Å². The van der Waals surface area contributed by atoms with E-state index < -0.39 is 0 Å². The molecule has 0 saturated carbocycles. The van der Waals surface area contributed by atoms with Crippen molar-refractivity contribution in [3.63, 3.8) is 0 Å². The predicted molar refractivity (Wildman–Crippen MR) is 131 cm³/mol. The zero-order chi connectivity index (χ0) is 23.4. The van der Waals surface area contributed by atoms with Crippen molar-refractivity contribution in [1.29, 1.82) is 0 Å². The first kappa shape index (κ1) is 23.3. The van der Waals surface area contributed by atoms with Gasteiger partial charge >= 0.3 is 0 Å². The van der Waals surface area contributed by atoms with Crippen LogP contribution in [0.5, 0.6) is 0 Å². The number of nitrogens with one attached hydrogen (secondary N) is 2. The van der Waals surface area contributed by atoms with Crippen LogP contribution in [0.3, 0.4) is 0 Å². The summed E-state index contributed by atoms with van der Waals surface area (Å²) in [5.41, 5.74) is 9.14. The lowest BCUT2D eigenvalue weighted by Crippen LogP contribution is -2.36. The summed E-state index contributed by atoms with van der Waals surface area (Å²) in [6.45, 7) is 15.5. The molecule has 3 rings (SSSR count). The van der Waals surface area contributed by atoms with Crippen LogP contribution in [0.15, 0.2) is 41.4 Å². The van der Waals surface area contributed by atoms with Crippen molar-refractivity contribution in [2.75, 3.05) is 5.32 Å². The smallest absolute Gasteiger partial charge is 0.257 e. The Morgan fingerprint density at radius 2 is 1.66 bits per heavy atom. The van der Waals surface area contributed by atoms with Crippen molar-refractivity contribution in [1.82, 2.24) is 15.1 Å². The number of nitrogens with zero attached hydrogens (tertiary/aromatic N) is 3. The Labute approximate surface area is 190 Å². The van der Waals surface area contributed by atoms with Gasteiger partial charge in [-0.1, -0.05) is 12.1 Å². The molecule has 2 aromatic carbocycles. The second kappa shape index (κ2) is 9.81. The van der Waals surface area contributed by atoms with Gasteiger partial charge in [0.1, 0.15) is 0 Å². The number of benzene rings is 2. The van der Waals surface area contributed by atoms with Gasteiger partial charge in [-0.2, -0.15) is 5.10 Å². The van der Waals surface area contributed by atoms with Crippen LogP contribution in [0.1, 0.15) is 56.5 Å². The highest BCUT2D eigenvalue weighted by atomic mass is 16.1. The predicted octanol–water partition coefficient (Wildman–Crippen LogP) is 5.15. The zero-order valence-corrected chi connectivity index (χ0v) is 20.1. The lowest BCUT2D eigenvalue weighted by molar-refractivity contribution is 0.0977. The molecule has 0 bridgehead atoms. The van der Waals surface area contributed by atoms with E-state index in [4.69, 9.17) is 4.99 Å². The van der Waals surface area contributed by atoms with E-state index in [1.165, 1.54) is 0 Å². The zero-order valence-electron chi connectivity index (χ0n) is 20.1. The molecule has 0 radical (unpaired) electrons. The quantitative estimate of drug-likeness (QED) is 0.433. The number of rotatable bonds is 5. The Morgan fingerprint density at radius 1 is 0.969 bits per heavy atom. The molecular formula is C26H33N5O. The Morgan fingerprint density at radius 3 is 2.25 bits per heavy atom. The molecule has 0 unspecified atom stereocenters. The highest BCUT2D eigenvalue weighted by molar-refractivity contribution is 6.10. The summed E-state index contributed by atoms with van der Waals surface area (Å²) in [7, 11) is 0. The summed E-state index contributed by atoms with van der Waals surface area (Å²) in [5.74, 6) is 0.225. The maximum Gasteiger partial charge on any atom is 0.257 e. The summed E-state index contributed by atoms with van der Waals surface area (Å²) < 4.78 is 1.98. The van der Waals surface area contributed by atoms with Crippen LogP contribution in [0.25, 0.3) is 0 Å². The minimum absolute atomic E-state index is 0.193. The summed E-state index contributed by atoms with van der Waals surface area (Å²) in [6, 6.07) is 11.9. The van der Waals surface area contributed by atoms with E-state index in [1.54, 1.807) is 0 Å². The van der Waals surface area contributed by atoms with E-state index in [0.29, 0.717) is 18.1 Å². The third kappa shape index (κ3) is 5.44. The molecule has 2 N–H and O–H groups in total. The molecule has 1 amide bonds. The highest BCUT2D eigenvalue weighted by Crippen LogP contribution is 2.16. The molecule has 0 aliphatic carbocycles. The molecule has 0 spiro atoms. The van der Waals surface area contributed by atoms with Gasteiger partial charge in [0.05, 0.1) is 12.2 Å². The topological polar surface area (TPSA) is 71.3 Å². The van der Waals surface area contributed by atoms with Crippen molar-refractivity contribution in [3.8, 4) is 0 Å². The number of carbonyl (C=O) groups is 1. The number of hydrogen-bond acceptors (Lipinski definition) is 3. The Bertz CT molecular complexity index is 1150. The Balaban J connectivity index is 1.91. The van der Waals surface area contributed by atoms with Crippen LogP contribution in [0, 0.1) is 41.5 Å². The second-order valence-corrected chi connectivity index (χ2v) is 8.38. The fraction of sp³-hybridized carbons (Fsp3) is 0.346. The van der Waals surface area contributed by atoms with Crippen LogP contribution in [0.4, 0.5) is 5.69 Å². The molecule has 6 heteroatoms. The van der Waals surface area contributed by atoms with E-state index in [1.807, 2.05) is 55.8 Å². The summed E-state index contributed by atoms with van der Waals surface area (Å²) in [4.78, 5) is 17.7. The van der Waals surface area contributed by atoms with E-state index in [-0.39, 0.29) is 5.91 Å². The molecule has 1 heterocycles. The van der Waals surface area contributed by atoms with Gasteiger partial charge in [-0.3, -0.25) is 14.8 Å². The van der Waals surface area contributed by atoms with Gasteiger partial charge in [0, 0.05) is 29.1 Å². The monoisotopic (exact) mass is 431 g/mol. The molecule has 0 saturated heterocycles. The number of aryl methyl sites for hydroxylation is 6. The SMILES string of the molecule is CCn1nc(C)c(CN=C(NC(=O)c2ccc(C)c(C)c2)Nc2cc(C)cc(C)c2)c1C. The lowest BCUT2D eigenvalue weighted by Gasteiger charge is -2.14. The third-order valence-corrected chi connectivity index (χ3v) is 5.71. The van der Waals surface area contributed by atoms with E-state index >= 15 is 0 Å². The molecular weight excluding hydrogens is 398 g/mol. The molecule has 3 aromatic rings. The van der Waals surface area contributed by atoms with Crippen molar-refractivity contribution in [2.24, 2.45) is 4.99 Å². The fourth-order valence-electron chi connectivity index (χ4n) is 3.79. The van der Waals surface area contributed by atoms with Crippen molar-refractivity contribution in [3.05, 3.63) is 81.2 Å². The van der Waals surface area contributed by atoms with Gasteiger partial charge in [-0.05, 0) is 95.0 Å². The Hall–Kier alpha value is -3.41. The number of guanidine groups is 1. The minimum Gasteiger partial charge on any atom is -0.326 e. The van der Waals surface area contributed by atoms with Crippen LogP contribution < -0.4 is 10.6 Å². The first-order valence-electron chi connectivity index (χ1n) is 11.0. The average molecular weight is 432 g/mol. The molecule has 6 nitrogen and oxygen atoms in total. The van der Waals surface area contributed by atoms with Crippen molar-refractivity contribution in [2.45, 2.75) is 61.6 Å². The van der Waals surface area contributed by atoms with Gasteiger partial charge in [0.2, 0.25) is 5.96 Å². The van der Waals surface area contributed by atoms with Crippen LogP contribution in [0.2, 0.25) is 0 Å². The van der Waals surface area contributed by atoms with Crippen LogP contribution in [-0.4, -0.2) is 21.6 Å². The number of hydrogen-bond donors (Lipinski definition) is 2. The molecule has 0 aliphatic heterocycles. The lowest BCUT2D eigenvalue weighted by atomic mass is 10.1. The standard InChI is InChI=1S/C26H33N5O/c1-8-31-21(7)24(20(6)30-31)15-27-26(28-23-12-16(2)11-17(3)13-23)29-25(32)22-10-9-18(4)19(5)14-22/h9-14H,8,15H2,1-7H3,(H2,27,28,29,32). The molecule has 1 aromatic heterocycles. The maximum absolute atomic E-state index is 13.0. The van der Waals surface area contributed by atoms with Gasteiger partial charge < -0.3 is 5.32 Å². The van der Waals surface area contributed by atoms with E-state index in [0.717, 1.165) is 51.4 Å². The molecule has 0 fully saturated rings. The number of aliphatic imine (C=N–C) groups is 1. The van der Waals surface area contributed by atoms with Gasteiger partial charge in [0.25, 0.3) is 5.91 Å². The average Bonchev–Trinajstić information content (AvgIpc) is 3.00. The molecule has 0 atom stereocenters. The van der Waals surface area contributed by atoms with E-state index in [9.17, 15) is 4.79 Å². The minimum atomic E-state index is -0.193. The molecule has 0 aliphatic rings. The number of amides is 1. The van der Waals surface area contributed by atoms with Crippen LogP contribution in [-0.2, 0) is 13.1 Å². The molecule has 32 heavy (non-hydrogen) atoms. The molecule has 168 valence electrons. The number of aromatic nitrogens is 2. The summed E-state index contributed by atoms with van der Waals surface area (Å²) in [6.07, 6.45) is 0. The fourth-order valence-corrected chi connectivity index (χ4v) is 3.79. The van der Waals surface area contributed by atoms with Gasteiger partial charge in [-0.15, -0.1) is 0 Å². The summed E-state index contributed by atoms with van der Waals surface area (Å²) in [5, 5.41) is 10.9. The third-order valence-electron chi connectivity index (χ3n) is 5.71.